The van der Waals surface area contributed by atoms with Crippen LogP contribution in [0.15, 0.2) is 12.0 Å². The fourth-order valence-corrected chi connectivity index (χ4v) is 3.50. The van der Waals surface area contributed by atoms with Gasteiger partial charge in [0.2, 0.25) is 0 Å². The van der Waals surface area contributed by atoms with Gasteiger partial charge in [-0.05, 0) is 24.8 Å². The van der Waals surface area contributed by atoms with Gasteiger partial charge >= 0.3 is 0 Å². The molecule has 24 heavy (non-hydrogen) atoms. The van der Waals surface area contributed by atoms with E-state index in [1.54, 1.807) is 0 Å². The number of unbranched alkanes of at least 4 members (excludes halogenated alkanes) is 11. The van der Waals surface area contributed by atoms with Crippen LogP contribution in [0.1, 0.15) is 123 Å². The molecule has 0 unspecified atom stereocenters. The van der Waals surface area contributed by atoms with Crippen LogP contribution in [-0.4, -0.2) is 10.2 Å². The first-order valence-corrected chi connectivity index (χ1v) is 10.8. The van der Waals surface area contributed by atoms with Crippen molar-refractivity contribution in [1.82, 2.24) is 0 Å². The summed E-state index contributed by atoms with van der Waals surface area (Å²) in [5, 5.41) is 17.6. The zero-order valence-corrected chi connectivity index (χ0v) is 16.6. The minimum Gasteiger partial charge on any atom is -0.481 e. The molecule has 0 spiro atoms. The van der Waals surface area contributed by atoms with Crippen molar-refractivity contribution in [2.24, 2.45) is 5.92 Å². The Bertz CT molecular complexity index is 253. The lowest BCUT2D eigenvalue weighted by Crippen LogP contribution is -2.01. The average molecular weight is 341 g/mol. The number of hydrogen-bond acceptors (Lipinski definition) is 2. The molecule has 2 N–H and O–H groups in total. The third-order valence-corrected chi connectivity index (χ3v) is 5.08. The van der Waals surface area contributed by atoms with Crippen molar-refractivity contribution in [1.29, 1.82) is 0 Å². The fourth-order valence-electron chi connectivity index (χ4n) is 3.50. The van der Waals surface area contributed by atoms with Gasteiger partial charge in [0.25, 0.3) is 5.95 Å². The van der Waals surface area contributed by atoms with E-state index in [0.717, 1.165) is 18.8 Å². The molecule has 0 saturated carbocycles. The van der Waals surface area contributed by atoms with Crippen LogP contribution in [0.4, 0.5) is 0 Å². The molecule has 0 aromatic rings. The van der Waals surface area contributed by atoms with Crippen LogP contribution in [0.25, 0.3) is 0 Å². The van der Waals surface area contributed by atoms with Gasteiger partial charge in [-0.2, -0.15) is 0 Å². The highest BCUT2D eigenvalue weighted by Gasteiger charge is 2.08. The molecule has 0 aliphatic carbocycles. The predicted octanol–water partition coefficient (Wildman–Crippen LogP) is 8.23. The van der Waals surface area contributed by atoms with E-state index in [9.17, 15) is 0 Å². The summed E-state index contributed by atoms with van der Waals surface area (Å²) < 4.78 is 0. The highest BCUT2D eigenvalue weighted by Crippen LogP contribution is 2.24. The average Bonchev–Trinajstić information content (AvgIpc) is 2.56. The summed E-state index contributed by atoms with van der Waals surface area (Å²) in [5.74, 6) is 0.329. The van der Waals surface area contributed by atoms with Gasteiger partial charge in [-0.3, -0.25) is 0 Å². The molecule has 0 aromatic heterocycles. The highest BCUT2D eigenvalue weighted by atomic mass is 16.5. The minimum atomic E-state index is -0.515. The maximum Gasteiger partial charge on any atom is 0.269 e. The first kappa shape index (κ1) is 23.3. The molecular formula is C22H44O2. The number of hydrogen-bond donors (Lipinski definition) is 2. The van der Waals surface area contributed by atoms with Crippen LogP contribution in [0.5, 0.6) is 0 Å². The number of aliphatic hydroxyl groups is 2. The predicted molar refractivity (Wildman–Crippen MR) is 107 cm³/mol. The maximum atomic E-state index is 8.82. The van der Waals surface area contributed by atoms with Crippen LogP contribution in [0.3, 0.4) is 0 Å². The zero-order valence-electron chi connectivity index (χ0n) is 16.6. The van der Waals surface area contributed by atoms with Crippen molar-refractivity contribution in [3.63, 3.8) is 0 Å². The number of rotatable bonds is 18. The van der Waals surface area contributed by atoms with E-state index in [1.165, 1.54) is 102 Å². The summed E-state index contributed by atoms with van der Waals surface area (Å²) in [6.07, 6.45) is 24.0. The quantitative estimate of drug-likeness (QED) is 0.195. The molecule has 0 saturated heterocycles. The molecule has 0 aromatic carbocycles. The van der Waals surface area contributed by atoms with Crippen molar-refractivity contribution in [3.05, 3.63) is 12.0 Å². The molecule has 2 nitrogen and oxygen atoms in total. The van der Waals surface area contributed by atoms with Gasteiger partial charge in [0.05, 0.1) is 0 Å². The van der Waals surface area contributed by atoms with E-state index >= 15 is 0 Å². The number of allylic oxidation sites excluding steroid dienone is 1. The van der Waals surface area contributed by atoms with Crippen molar-refractivity contribution < 1.29 is 10.2 Å². The summed E-state index contributed by atoms with van der Waals surface area (Å²) in [6, 6.07) is 0. The third-order valence-electron chi connectivity index (χ3n) is 5.08. The van der Waals surface area contributed by atoms with Crippen LogP contribution >= 0.6 is 0 Å². The molecule has 0 bridgehead atoms. The molecular weight excluding hydrogens is 296 g/mol. The Labute approximate surface area is 151 Å². The molecule has 0 aliphatic rings. The first-order chi connectivity index (χ1) is 11.7. The van der Waals surface area contributed by atoms with Crippen LogP contribution in [0.2, 0.25) is 0 Å². The van der Waals surface area contributed by atoms with E-state index in [4.69, 9.17) is 10.2 Å². The van der Waals surface area contributed by atoms with Gasteiger partial charge in [-0.15, -0.1) is 0 Å². The topological polar surface area (TPSA) is 40.5 Å². The molecule has 0 fully saturated rings. The Morgan fingerprint density at radius 1 is 0.625 bits per heavy atom. The Morgan fingerprint density at radius 2 is 1.04 bits per heavy atom. The van der Waals surface area contributed by atoms with Crippen LogP contribution < -0.4 is 0 Å². The van der Waals surface area contributed by atoms with Crippen LogP contribution in [0, 0.1) is 5.92 Å². The second-order valence-electron chi connectivity index (χ2n) is 7.47. The lowest BCUT2D eigenvalue weighted by molar-refractivity contribution is 0.188. The summed E-state index contributed by atoms with van der Waals surface area (Å²) in [5.41, 5.74) is 0. The van der Waals surface area contributed by atoms with Gasteiger partial charge in [-0.25, -0.2) is 0 Å². The Kier molecular flexibility index (Phi) is 18.2. The third kappa shape index (κ3) is 17.7. The van der Waals surface area contributed by atoms with Gasteiger partial charge in [0.1, 0.15) is 0 Å². The second kappa shape index (κ2) is 18.7. The maximum absolute atomic E-state index is 8.82. The fraction of sp³-hybridized carbons (Fsp3) is 0.909. The lowest BCUT2D eigenvalue weighted by Gasteiger charge is -2.16. The SMILES string of the molecule is CCCCCCCCC(CCCC=C(O)O)CCCCCCCC. The largest absolute Gasteiger partial charge is 0.481 e. The monoisotopic (exact) mass is 340 g/mol. The van der Waals surface area contributed by atoms with Crippen molar-refractivity contribution >= 4 is 0 Å². The Balaban J connectivity index is 3.84. The summed E-state index contributed by atoms with van der Waals surface area (Å²) in [4.78, 5) is 0. The van der Waals surface area contributed by atoms with Crippen molar-refractivity contribution in [3.8, 4) is 0 Å². The van der Waals surface area contributed by atoms with Gasteiger partial charge in [0, 0.05) is 0 Å². The smallest absolute Gasteiger partial charge is 0.269 e. The van der Waals surface area contributed by atoms with Gasteiger partial charge < -0.3 is 10.2 Å². The van der Waals surface area contributed by atoms with Crippen LogP contribution in [-0.2, 0) is 0 Å². The molecule has 0 rings (SSSR count). The molecule has 144 valence electrons. The lowest BCUT2D eigenvalue weighted by atomic mass is 9.90. The van der Waals surface area contributed by atoms with Gasteiger partial charge in [-0.1, -0.05) is 110 Å². The van der Waals surface area contributed by atoms with E-state index in [-0.39, 0.29) is 0 Å². The van der Waals surface area contributed by atoms with E-state index in [0.29, 0.717) is 0 Å². The van der Waals surface area contributed by atoms with E-state index in [1.807, 2.05) is 0 Å². The van der Waals surface area contributed by atoms with Crippen molar-refractivity contribution in [2.45, 2.75) is 123 Å². The van der Waals surface area contributed by atoms with E-state index in [2.05, 4.69) is 13.8 Å². The normalized spacial score (nSPS) is 11.1. The Hall–Kier alpha value is -0.660. The molecule has 0 radical (unpaired) electrons. The molecule has 0 atom stereocenters. The van der Waals surface area contributed by atoms with Gasteiger partial charge in [0.15, 0.2) is 0 Å². The molecule has 0 aliphatic heterocycles. The van der Waals surface area contributed by atoms with E-state index < -0.39 is 5.95 Å². The zero-order chi connectivity index (χ0) is 17.9. The highest BCUT2D eigenvalue weighted by molar-refractivity contribution is 4.79. The summed E-state index contributed by atoms with van der Waals surface area (Å²) in [7, 11) is 0. The minimum absolute atomic E-state index is 0.515. The standard InChI is InChI=1S/C22H44O2/c1-3-5-7-9-11-13-17-21(19-15-16-20-22(23)24)18-14-12-10-8-6-4-2/h20-21,23-24H,3-19H2,1-2H3. The first-order valence-electron chi connectivity index (χ1n) is 10.8. The molecule has 0 heterocycles. The second-order valence-corrected chi connectivity index (χ2v) is 7.47. The summed E-state index contributed by atoms with van der Waals surface area (Å²) in [6.45, 7) is 4.55. The summed E-state index contributed by atoms with van der Waals surface area (Å²) >= 11 is 0. The molecule has 0 amide bonds. The van der Waals surface area contributed by atoms with Crippen molar-refractivity contribution in [2.75, 3.05) is 0 Å². The molecule has 2 heteroatoms. The Morgan fingerprint density at radius 3 is 1.50 bits per heavy atom. The number of aliphatic hydroxyl groups excluding tert-OH is 1.